The first-order valence-electron chi connectivity index (χ1n) is 11.0. The highest BCUT2D eigenvalue weighted by molar-refractivity contribution is 5.85. The Morgan fingerprint density at radius 1 is 1.12 bits per heavy atom. The van der Waals surface area contributed by atoms with Crippen molar-refractivity contribution in [3.05, 3.63) is 65.7 Å². The molecule has 5 rings (SSSR count). The number of para-hydroxylation sites is 1. The number of hydrazine groups is 2. The largest absolute Gasteiger partial charge is 0.482 e. The molecule has 2 aromatic carbocycles. The van der Waals surface area contributed by atoms with Gasteiger partial charge in [0.25, 0.3) is 0 Å². The predicted octanol–water partition coefficient (Wildman–Crippen LogP) is 2.98. The van der Waals surface area contributed by atoms with E-state index in [1.165, 1.54) is 5.57 Å². The van der Waals surface area contributed by atoms with E-state index < -0.39 is 5.97 Å². The minimum absolute atomic E-state index is 0.137. The van der Waals surface area contributed by atoms with Crippen LogP contribution in [-0.4, -0.2) is 47.7 Å². The number of anilines is 1. The van der Waals surface area contributed by atoms with Crippen molar-refractivity contribution in [3.8, 4) is 5.75 Å². The van der Waals surface area contributed by atoms with E-state index in [9.17, 15) is 4.79 Å². The zero-order valence-corrected chi connectivity index (χ0v) is 17.8. The lowest BCUT2D eigenvalue weighted by atomic mass is 9.83. The predicted molar refractivity (Wildman–Crippen MR) is 123 cm³/mol. The number of nitrogens with zero attached hydrogens (tertiary/aromatic N) is 3. The highest BCUT2D eigenvalue weighted by atomic mass is 16.5. The molecule has 3 heterocycles. The molecule has 3 aliphatic heterocycles. The third-order valence-corrected chi connectivity index (χ3v) is 6.09. The van der Waals surface area contributed by atoms with Gasteiger partial charge >= 0.3 is 5.97 Å². The second-order valence-electron chi connectivity index (χ2n) is 8.35. The molecule has 3 aliphatic rings. The number of carboxylic acid groups (broad SMARTS) is 1. The molecule has 0 amide bonds. The van der Waals surface area contributed by atoms with Gasteiger partial charge in [-0.1, -0.05) is 30.3 Å². The molecule has 0 aromatic heterocycles. The zero-order chi connectivity index (χ0) is 22.0. The molecular formula is C24H27N5O3. The molecule has 0 saturated carbocycles. The van der Waals surface area contributed by atoms with Crippen LogP contribution in [0.4, 0.5) is 5.69 Å². The number of hydrogen-bond acceptors (Lipinski definition) is 7. The number of hydrazone groups is 1. The first-order valence-corrected chi connectivity index (χ1v) is 11.0. The molecule has 0 aliphatic carbocycles. The lowest BCUT2D eigenvalue weighted by Gasteiger charge is -2.40. The van der Waals surface area contributed by atoms with Crippen LogP contribution in [-0.2, 0) is 4.79 Å². The van der Waals surface area contributed by atoms with Gasteiger partial charge in [0.15, 0.2) is 0 Å². The number of nitrogens with one attached hydrogen (secondary N) is 2. The van der Waals surface area contributed by atoms with Crippen LogP contribution < -0.4 is 20.7 Å². The van der Waals surface area contributed by atoms with Crippen LogP contribution >= 0.6 is 0 Å². The van der Waals surface area contributed by atoms with Crippen LogP contribution in [0.5, 0.6) is 5.75 Å². The first-order chi connectivity index (χ1) is 15.6. The minimum atomic E-state index is -0.788. The molecular weight excluding hydrogens is 406 g/mol. The van der Waals surface area contributed by atoms with Gasteiger partial charge in [-0.25, -0.2) is 0 Å². The molecule has 166 valence electrons. The smallest absolute Gasteiger partial charge is 0.303 e. The molecule has 0 bridgehead atoms. The van der Waals surface area contributed by atoms with Crippen molar-refractivity contribution in [2.24, 2.45) is 5.10 Å². The van der Waals surface area contributed by atoms with Crippen molar-refractivity contribution < 1.29 is 14.6 Å². The Balaban J connectivity index is 1.34. The fourth-order valence-corrected chi connectivity index (χ4v) is 4.40. The molecule has 1 fully saturated rings. The van der Waals surface area contributed by atoms with E-state index in [0.29, 0.717) is 13.0 Å². The fraction of sp³-hybridized carbons (Fsp3) is 0.333. The Kier molecular flexibility index (Phi) is 5.55. The summed E-state index contributed by atoms with van der Waals surface area (Å²) >= 11 is 0. The molecule has 8 nitrogen and oxygen atoms in total. The Labute approximate surface area is 187 Å². The van der Waals surface area contributed by atoms with Gasteiger partial charge in [0, 0.05) is 31.4 Å². The monoisotopic (exact) mass is 433 g/mol. The normalized spacial score (nSPS) is 18.9. The highest BCUT2D eigenvalue weighted by Gasteiger charge is 2.36. The lowest BCUT2D eigenvalue weighted by Crippen LogP contribution is -2.46. The summed E-state index contributed by atoms with van der Waals surface area (Å²) in [6.07, 6.45) is 6.57. The Bertz CT molecular complexity index is 1040. The number of piperidine rings is 1. The van der Waals surface area contributed by atoms with Gasteiger partial charge in [0.1, 0.15) is 17.7 Å². The molecule has 0 radical (unpaired) electrons. The van der Waals surface area contributed by atoms with Crippen LogP contribution in [0.2, 0.25) is 0 Å². The number of carbonyl (C=O) groups is 1. The summed E-state index contributed by atoms with van der Waals surface area (Å²) in [6, 6.07) is 16.5. The van der Waals surface area contributed by atoms with E-state index in [1.54, 1.807) is 16.5 Å². The maximum atomic E-state index is 10.7. The van der Waals surface area contributed by atoms with E-state index in [4.69, 9.17) is 9.84 Å². The summed E-state index contributed by atoms with van der Waals surface area (Å²) in [5.41, 5.74) is 7.26. The fourth-order valence-electron chi connectivity index (χ4n) is 4.40. The number of fused-ring (bicyclic) bond motifs is 1. The molecule has 1 spiro atoms. The molecule has 32 heavy (non-hydrogen) atoms. The van der Waals surface area contributed by atoms with Crippen LogP contribution in [0.15, 0.2) is 59.7 Å². The van der Waals surface area contributed by atoms with Gasteiger partial charge in [-0.15, -0.1) is 10.6 Å². The van der Waals surface area contributed by atoms with Gasteiger partial charge in [-0.2, -0.15) is 5.12 Å². The van der Waals surface area contributed by atoms with E-state index >= 15 is 0 Å². The van der Waals surface area contributed by atoms with Crippen LogP contribution in [0.3, 0.4) is 0 Å². The van der Waals surface area contributed by atoms with Crippen molar-refractivity contribution in [1.29, 1.82) is 0 Å². The molecule has 0 atom stereocenters. The van der Waals surface area contributed by atoms with Gasteiger partial charge in [-0.3, -0.25) is 9.80 Å². The summed E-state index contributed by atoms with van der Waals surface area (Å²) in [5.74, 6) is 0.155. The van der Waals surface area contributed by atoms with Crippen molar-refractivity contribution in [1.82, 2.24) is 15.9 Å². The molecule has 3 N–H and O–H groups in total. The second kappa shape index (κ2) is 8.64. The van der Waals surface area contributed by atoms with Crippen molar-refractivity contribution >= 4 is 23.6 Å². The Hall–Kier alpha value is -3.36. The molecule has 0 unspecified atom stereocenters. The zero-order valence-electron chi connectivity index (χ0n) is 17.8. The Morgan fingerprint density at radius 2 is 1.91 bits per heavy atom. The molecule has 2 aromatic rings. The topological polar surface area (TPSA) is 89.4 Å². The second-order valence-corrected chi connectivity index (χ2v) is 8.35. The number of hydrogen-bond donors (Lipinski definition) is 3. The minimum Gasteiger partial charge on any atom is -0.482 e. The molecule has 1 saturated heterocycles. The van der Waals surface area contributed by atoms with E-state index in [-0.39, 0.29) is 12.0 Å². The third-order valence-electron chi connectivity index (χ3n) is 6.09. The average molecular weight is 434 g/mol. The summed E-state index contributed by atoms with van der Waals surface area (Å²) in [6.45, 7) is 2.48. The summed E-state index contributed by atoms with van der Waals surface area (Å²) in [7, 11) is 0. The third kappa shape index (κ3) is 4.19. The van der Waals surface area contributed by atoms with Gasteiger partial charge in [0.05, 0.1) is 5.69 Å². The highest BCUT2D eigenvalue weighted by Crippen LogP contribution is 2.42. The SMILES string of the molecule is O=C(O)CCCN1C=NN(c2ccc(C3=CC4(CCNCC4)Oc4ccccc43)cc2)N1. The van der Waals surface area contributed by atoms with Crippen molar-refractivity contribution in [2.45, 2.75) is 31.3 Å². The molecule has 8 heteroatoms. The number of benzene rings is 2. The number of aliphatic carboxylic acids is 1. The standard InChI is InChI=1S/C24H27N5O3/c30-23(31)6-3-15-28-17-26-29(27-28)19-9-7-18(8-10-19)21-16-24(11-13-25-14-12-24)32-22-5-2-1-4-20(21)22/h1-2,4-5,7-10,16-17,25,27H,3,6,11-15H2,(H,30,31). The number of ether oxygens (including phenoxy) is 1. The average Bonchev–Trinajstić information content (AvgIpc) is 3.28. The van der Waals surface area contributed by atoms with Gasteiger partial charge in [0.2, 0.25) is 0 Å². The lowest BCUT2D eigenvalue weighted by molar-refractivity contribution is -0.137. The summed E-state index contributed by atoms with van der Waals surface area (Å²) < 4.78 is 6.48. The number of rotatable bonds is 6. The van der Waals surface area contributed by atoms with Crippen LogP contribution in [0, 0.1) is 0 Å². The quantitative estimate of drug-likeness (QED) is 0.645. The van der Waals surface area contributed by atoms with Crippen molar-refractivity contribution in [2.75, 3.05) is 24.8 Å². The van der Waals surface area contributed by atoms with E-state index in [1.807, 2.05) is 24.3 Å². The summed E-state index contributed by atoms with van der Waals surface area (Å²) in [5, 5.41) is 20.1. The van der Waals surface area contributed by atoms with Crippen molar-refractivity contribution in [3.63, 3.8) is 0 Å². The maximum Gasteiger partial charge on any atom is 0.303 e. The first kappa shape index (κ1) is 20.5. The van der Waals surface area contributed by atoms with Gasteiger partial charge < -0.3 is 15.2 Å². The van der Waals surface area contributed by atoms with Gasteiger partial charge in [-0.05, 0) is 54.9 Å². The Morgan fingerprint density at radius 3 is 2.69 bits per heavy atom. The van der Waals surface area contributed by atoms with Crippen LogP contribution in [0.25, 0.3) is 5.57 Å². The number of carboxylic acids is 1. The maximum absolute atomic E-state index is 10.7. The van der Waals surface area contributed by atoms with E-state index in [2.05, 4.69) is 46.3 Å². The summed E-state index contributed by atoms with van der Waals surface area (Å²) in [4.78, 5) is 10.7. The van der Waals surface area contributed by atoms with Crippen LogP contribution in [0.1, 0.15) is 36.8 Å². The van der Waals surface area contributed by atoms with E-state index in [0.717, 1.165) is 48.5 Å².